The van der Waals surface area contributed by atoms with Crippen molar-refractivity contribution in [2.45, 2.75) is 6.18 Å². The number of alkyl halides is 3. The standard InChI is InChI=1S/C13H7Cl2F3N6/c14-8-3-7(13(16,17)18)4-9(15)12(8)24-23-2-1-22-11(6-20)10(21)5-19/h1-4,24H,21H2/b11-10-,22-1?,23-2?. The molecule has 0 aliphatic rings. The highest BCUT2D eigenvalue weighted by atomic mass is 35.5. The van der Waals surface area contributed by atoms with Crippen LogP contribution in [0, 0.1) is 22.7 Å². The molecular weight excluding hydrogens is 368 g/mol. The third-order valence-corrected chi connectivity index (χ3v) is 2.97. The number of nitrogens with one attached hydrogen (secondary N) is 1. The van der Waals surface area contributed by atoms with Gasteiger partial charge in [0.15, 0.2) is 5.70 Å². The minimum atomic E-state index is -4.58. The average molecular weight is 375 g/mol. The maximum Gasteiger partial charge on any atom is 0.416 e. The number of anilines is 1. The minimum absolute atomic E-state index is 0.0384. The first-order valence-corrected chi connectivity index (χ1v) is 6.64. The SMILES string of the molecule is N#C/C(N)=C(\C#N)N=CC=NNc1c(Cl)cc(C(F)(F)F)cc1Cl. The smallest absolute Gasteiger partial charge is 0.388 e. The van der Waals surface area contributed by atoms with Gasteiger partial charge < -0.3 is 5.73 Å². The zero-order chi connectivity index (χ0) is 18.3. The van der Waals surface area contributed by atoms with E-state index in [4.69, 9.17) is 39.5 Å². The summed E-state index contributed by atoms with van der Waals surface area (Å²) in [5.41, 5.74) is 5.85. The maximum absolute atomic E-state index is 12.6. The summed E-state index contributed by atoms with van der Waals surface area (Å²) >= 11 is 11.5. The third kappa shape index (κ3) is 5.16. The van der Waals surface area contributed by atoms with E-state index in [0.717, 1.165) is 12.4 Å². The van der Waals surface area contributed by atoms with Crippen LogP contribution in [0.25, 0.3) is 0 Å². The minimum Gasteiger partial charge on any atom is -0.388 e. The molecule has 0 amide bonds. The van der Waals surface area contributed by atoms with Crippen LogP contribution in [0.15, 0.2) is 33.6 Å². The molecule has 6 nitrogen and oxygen atoms in total. The number of hydrogen-bond acceptors (Lipinski definition) is 6. The zero-order valence-corrected chi connectivity index (χ0v) is 13.1. The highest BCUT2D eigenvalue weighted by Crippen LogP contribution is 2.38. The number of nitrogens with two attached hydrogens (primary N) is 1. The van der Waals surface area contributed by atoms with Gasteiger partial charge in [0.1, 0.15) is 17.8 Å². The fourth-order valence-electron chi connectivity index (χ4n) is 1.30. The van der Waals surface area contributed by atoms with Gasteiger partial charge in [-0.05, 0) is 12.1 Å². The number of nitriles is 2. The number of rotatable bonds is 4. The molecule has 0 atom stereocenters. The van der Waals surface area contributed by atoms with Crippen LogP contribution in [0.3, 0.4) is 0 Å². The number of allylic oxidation sites excluding steroid dienone is 2. The van der Waals surface area contributed by atoms with Crippen LogP contribution in [0.1, 0.15) is 5.56 Å². The van der Waals surface area contributed by atoms with Gasteiger partial charge in [0, 0.05) is 6.21 Å². The fourth-order valence-corrected chi connectivity index (χ4v) is 1.87. The maximum atomic E-state index is 12.6. The fraction of sp³-hybridized carbons (Fsp3) is 0.0769. The molecule has 3 N–H and O–H groups in total. The van der Waals surface area contributed by atoms with Crippen LogP contribution >= 0.6 is 23.2 Å². The van der Waals surface area contributed by atoms with E-state index in [9.17, 15) is 13.2 Å². The Morgan fingerprint density at radius 3 is 2.21 bits per heavy atom. The van der Waals surface area contributed by atoms with E-state index in [0.29, 0.717) is 12.1 Å². The van der Waals surface area contributed by atoms with Gasteiger partial charge in [-0.2, -0.15) is 28.8 Å². The lowest BCUT2D eigenvalue weighted by Gasteiger charge is -2.11. The number of benzene rings is 1. The summed E-state index contributed by atoms with van der Waals surface area (Å²) in [6.07, 6.45) is -2.48. The molecule has 0 spiro atoms. The van der Waals surface area contributed by atoms with Gasteiger partial charge in [-0.1, -0.05) is 23.2 Å². The van der Waals surface area contributed by atoms with E-state index in [-0.39, 0.29) is 27.1 Å². The van der Waals surface area contributed by atoms with E-state index in [2.05, 4.69) is 15.5 Å². The molecule has 0 aromatic heterocycles. The van der Waals surface area contributed by atoms with Crippen molar-refractivity contribution in [1.82, 2.24) is 0 Å². The number of nitrogens with zero attached hydrogens (tertiary/aromatic N) is 4. The summed E-state index contributed by atoms with van der Waals surface area (Å²) in [7, 11) is 0. The second kappa shape index (κ2) is 8.20. The number of hydrogen-bond donors (Lipinski definition) is 2. The predicted octanol–water partition coefficient (Wildman–Crippen LogP) is 3.70. The van der Waals surface area contributed by atoms with Crippen molar-refractivity contribution >= 4 is 41.3 Å². The molecule has 1 aromatic carbocycles. The van der Waals surface area contributed by atoms with Crippen LogP contribution in [-0.4, -0.2) is 12.4 Å². The lowest BCUT2D eigenvalue weighted by molar-refractivity contribution is -0.137. The summed E-state index contributed by atoms with van der Waals surface area (Å²) in [4.78, 5) is 3.58. The highest BCUT2D eigenvalue weighted by molar-refractivity contribution is 6.39. The van der Waals surface area contributed by atoms with Crippen molar-refractivity contribution in [2.75, 3.05) is 5.43 Å². The quantitative estimate of drug-likeness (QED) is 0.475. The Balaban J connectivity index is 2.90. The Labute approximate surface area is 144 Å². The Bertz CT molecular complexity index is 776. The van der Waals surface area contributed by atoms with E-state index in [1.54, 1.807) is 12.1 Å². The molecule has 0 fully saturated rings. The monoisotopic (exact) mass is 374 g/mol. The lowest BCUT2D eigenvalue weighted by Crippen LogP contribution is -2.05. The van der Waals surface area contributed by atoms with Gasteiger partial charge in [-0.25, -0.2) is 4.99 Å². The first-order valence-electron chi connectivity index (χ1n) is 5.88. The van der Waals surface area contributed by atoms with Crippen molar-refractivity contribution in [3.05, 3.63) is 39.1 Å². The topological polar surface area (TPSA) is 110 Å². The van der Waals surface area contributed by atoms with Gasteiger partial charge in [-0.15, -0.1) is 0 Å². The van der Waals surface area contributed by atoms with Crippen molar-refractivity contribution in [3.8, 4) is 12.1 Å². The first kappa shape index (κ1) is 19.3. The Morgan fingerprint density at radius 2 is 1.75 bits per heavy atom. The molecule has 24 heavy (non-hydrogen) atoms. The molecule has 0 aliphatic carbocycles. The Kier molecular flexibility index (Phi) is 6.59. The molecule has 1 rings (SSSR count). The second-order valence-corrected chi connectivity index (χ2v) is 4.78. The number of hydrazone groups is 1. The molecular formula is C13H7Cl2F3N6. The Hall–Kier alpha value is -2.75. The normalized spacial score (nSPS) is 12.8. The molecule has 0 saturated carbocycles. The lowest BCUT2D eigenvalue weighted by atomic mass is 10.2. The van der Waals surface area contributed by atoms with Crippen molar-refractivity contribution < 1.29 is 13.2 Å². The molecule has 11 heteroatoms. The van der Waals surface area contributed by atoms with Crippen LogP contribution in [-0.2, 0) is 6.18 Å². The summed E-state index contributed by atoms with van der Waals surface area (Å²) in [5, 5.41) is 20.3. The largest absolute Gasteiger partial charge is 0.416 e. The Morgan fingerprint density at radius 1 is 1.17 bits per heavy atom. The molecule has 0 radical (unpaired) electrons. The van der Waals surface area contributed by atoms with Gasteiger partial charge in [0.2, 0.25) is 0 Å². The van der Waals surface area contributed by atoms with Gasteiger partial charge in [0.25, 0.3) is 0 Å². The summed E-state index contributed by atoms with van der Waals surface area (Å²) in [6.45, 7) is 0. The van der Waals surface area contributed by atoms with Crippen molar-refractivity contribution in [2.24, 2.45) is 15.8 Å². The van der Waals surface area contributed by atoms with E-state index < -0.39 is 11.7 Å². The first-order chi connectivity index (χ1) is 11.2. The second-order valence-electron chi connectivity index (χ2n) is 3.97. The molecule has 0 saturated heterocycles. The summed E-state index contributed by atoms with van der Waals surface area (Å²) in [5.74, 6) is 0. The third-order valence-electron chi connectivity index (χ3n) is 2.37. The predicted molar refractivity (Wildman–Crippen MR) is 84.5 cm³/mol. The van der Waals surface area contributed by atoms with Crippen molar-refractivity contribution in [1.29, 1.82) is 10.5 Å². The van der Waals surface area contributed by atoms with Gasteiger partial charge in [0.05, 0.1) is 27.5 Å². The van der Waals surface area contributed by atoms with Crippen LogP contribution < -0.4 is 11.2 Å². The zero-order valence-electron chi connectivity index (χ0n) is 11.6. The van der Waals surface area contributed by atoms with Gasteiger partial charge >= 0.3 is 6.18 Å². The molecule has 1 aromatic rings. The van der Waals surface area contributed by atoms with Crippen LogP contribution in [0.4, 0.5) is 18.9 Å². The van der Waals surface area contributed by atoms with Crippen LogP contribution in [0.5, 0.6) is 0 Å². The van der Waals surface area contributed by atoms with Crippen LogP contribution in [0.2, 0.25) is 10.0 Å². The molecule has 0 heterocycles. The highest BCUT2D eigenvalue weighted by Gasteiger charge is 2.31. The van der Waals surface area contributed by atoms with E-state index in [1.807, 2.05) is 0 Å². The van der Waals surface area contributed by atoms with Crippen molar-refractivity contribution in [3.63, 3.8) is 0 Å². The molecule has 124 valence electrons. The average Bonchev–Trinajstić information content (AvgIpc) is 2.51. The van der Waals surface area contributed by atoms with E-state index in [1.165, 1.54) is 0 Å². The molecule has 0 unspecified atom stereocenters. The number of aliphatic imine (C=N–C) groups is 1. The molecule has 0 bridgehead atoms. The number of halogens is 5. The molecule has 0 aliphatic heterocycles. The summed E-state index contributed by atoms with van der Waals surface area (Å²) < 4.78 is 37.8. The van der Waals surface area contributed by atoms with Gasteiger partial charge in [-0.3, -0.25) is 5.43 Å². The van der Waals surface area contributed by atoms with E-state index >= 15 is 0 Å². The summed E-state index contributed by atoms with van der Waals surface area (Å²) in [6, 6.07) is 4.55.